The maximum atomic E-state index is 12.2. The van der Waals surface area contributed by atoms with Crippen molar-refractivity contribution in [2.45, 2.75) is 31.8 Å². The summed E-state index contributed by atoms with van der Waals surface area (Å²) >= 11 is 1.44. The minimum atomic E-state index is -0.252. The molecule has 1 amide bonds. The van der Waals surface area contributed by atoms with Gasteiger partial charge in [0.05, 0.1) is 42.5 Å². The van der Waals surface area contributed by atoms with E-state index < -0.39 is 0 Å². The second-order valence-corrected chi connectivity index (χ2v) is 5.86. The molecule has 0 radical (unpaired) electrons. The van der Waals surface area contributed by atoms with Gasteiger partial charge in [-0.15, -0.1) is 0 Å². The maximum absolute atomic E-state index is 12.2. The van der Waals surface area contributed by atoms with Gasteiger partial charge in [0.2, 0.25) is 0 Å². The molecule has 19 heavy (non-hydrogen) atoms. The Labute approximate surface area is 115 Å². The predicted molar refractivity (Wildman–Crippen MR) is 71.1 cm³/mol. The first-order valence-corrected chi connectivity index (χ1v) is 7.30. The normalized spacial score (nSPS) is 25.0. The number of anilines is 1. The number of fused-ring (bicyclic) bond motifs is 4. The third-order valence-electron chi connectivity index (χ3n) is 3.43. The fraction of sp³-hybridized carbons (Fsp3) is 0.667. The minimum absolute atomic E-state index is 0.0112. The van der Waals surface area contributed by atoms with Gasteiger partial charge in [0.1, 0.15) is 0 Å². The van der Waals surface area contributed by atoms with Gasteiger partial charge in [0, 0.05) is 6.42 Å². The number of rotatable bonds is 2. The molecule has 0 aliphatic carbocycles. The van der Waals surface area contributed by atoms with Crippen molar-refractivity contribution in [3.63, 3.8) is 0 Å². The third kappa shape index (κ3) is 2.17. The molecule has 2 aliphatic heterocycles. The van der Waals surface area contributed by atoms with Crippen molar-refractivity contribution in [2.75, 3.05) is 25.6 Å². The van der Waals surface area contributed by atoms with Gasteiger partial charge in [-0.2, -0.15) is 0 Å². The number of aromatic nitrogens is 1. The van der Waals surface area contributed by atoms with Crippen molar-refractivity contribution in [3.05, 3.63) is 10.6 Å². The van der Waals surface area contributed by atoms with Crippen LogP contribution in [0.1, 0.15) is 30.0 Å². The number of carbonyl (C=O) groups is 1. The van der Waals surface area contributed by atoms with Crippen molar-refractivity contribution in [1.82, 2.24) is 9.88 Å². The van der Waals surface area contributed by atoms with Gasteiger partial charge in [0.25, 0.3) is 0 Å². The van der Waals surface area contributed by atoms with Crippen LogP contribution in [-0.4, -0.2) is 41.8 Å². The number of amides is 1. The number of morpholine rings is 1. The number of nitrogen functional groups attached to an aromatic ring is 1. The van der Waals surface area contributed by atoms with E-state index in [1.54, 1.807) is 4.90 Å². The Morgan fingerprint density at radius 3 is 3.26 bits per heavy atom. The van der Waals surface area contributed by atoms with E-state index in [-0.39, 0.29) is 18.2 Å². The zero-order chi connectivity index (χ0) is 13.4. The molecule has 2 N–H and O–H groups in total. The van der Waals surface area contributed by atoms with E-state index in [9.17, 15) is 4.79 Å². The summed E-state index contributed by atoms with van der Waals surface area (Å²) in [5.41, 5.74) is 6.79. The lowest BCUT2D eigenvalue weighted by molar-refractivity contribution is -0.0512. The first kappa shape index (κ1) is 12.7. The number of carbonyl (C=O) groups excluding carboxylic acids is 1. The van der Waals surface area contributed by atoms with Crippen molar-refractivity contribution in [3.8, 4) is 0 Å². The fourth-order valence-electron chi connectivity index (χ4n) is 2.64. The molecule has 3 heterocycles. The number of ether oxygens (including phenoxy) is 2. The number of hydrogen-bond acceptors (Lipinski definition) is 6. The molecule has 2 unspecified atom stereocenters. The van der Waals surface area contributed by atoms with Gasteiger partial charge in [-0.1, -0.05) is 18.3 Å². The van der Waals surface area contributed by atoms with Crippen LogP contribution >= 0.6 is 11.3 Å². The Morgan fingerprint density at radius 2 is 2.47 bits per heavy atom. The van der Waals surface area contributed by atoms with E-state index >= 15 is 0 Å². The number of thiazole rings is 1. The van der Waals surface area contributed by atoms with Crippen molar-refractivity contribution >= 4 is 22.6 Å². The SMILES string of the molecule is CCCOC(=O)N1C2COCC1c1sc(N)nc1C2. The average Bonchev–Trinajstić information content (AvgIpc) is 2.76. The predicted octanol–water partition coefficient (Wildman–Crippen LogP) is 1.57. The smallest absolute Gasteiger partial charge is 0.410 e. The first-order chi connectivity index (χ1) is 9.20. The maximum Gasteiger partial charge on any atom is 0.410 e. The Bertz CT molecular complexity index is 491. The molecule has 0 saturated carbocycles. The molecule has 0 aromatic carbocycles. The van der Waals surface area contributed by atoms with Gasteiger partial charge in [-0.3, -0.25) is 4.90 Å². The molecule has 2 bridgehead atoms. The minimum Gasteiger partial charge on any atom is -0.449 e. The Kier molecular flexibility index (Phi) is 3.32. The van der Waals surface area contributed by atoms with Gasteiger partial charge >= 0.3 is 6.09 Å². The number of nitrogens with zero attached hydrogens (tertiary/aromatic N) is 2. The molecule has 3 rings (SSSR count). The highest BCUT2D eigenvalue weighted by Crippen LogP contribution is 2.40. The average molecular weight is 283 g/mol. The highest BCUT2D eigenvalue weighted by Gasteiger charge is 2.43. The standard InChI is InChI=1S/C12H17N3O3S/c1-2-3-18-12(16)15-7-4-8-10(19-11(13)14-8)9(15)6-17-5-7/h7,9H,2-6H2,1H3,(H2,13,14). The van der Waals surface area contributed by atoms with E-state index in [0.717, 1.165) is 17.0 Å². The van der Waals surface area contributed by atoms with Gasteiger partial charge in [-0.25, -0.2) is 9.78 Å². The summed E-state index contributed by atoms with van der Waals surface area (Å²) in [6, 6.07) is -0.0845. The second kappa shape index (κ2) is 4.97. The lowest BCUT2D eigenvalue weighted by Gasteiger charge is -2.43. The van der Waals surface area contributed by atoms with Crippen LogP contribution in [0.3, 0.4) is 0 Å². The molecule has 1 saturated heterocycles. The van der Waals surface area contributed by atoms with Gasteiger partial charge in [0.15, 0.2) is 5.13 Å². The molecule has 7 heteroatoms. The Balaban J connectivity index is 1.88. The lowest BCUT2D eigenvalue weighted by atomic mass is 9.97. The summed E-state index contributed by atoms with van der Waals surface area (Å²) < 4.78 is 10.8. The molecule has 2 aliphatic rings. The van der Waals surface area contributed by atoms with Crippen LogP contribution in [0.4, 0.5) is 9.93 Å². The molecular weight excluding hydrogens is 266 g/mol. The van der Waals surface area contributed by atoms with E-state index in [4.69, 9.17) is 15.2 Å². The van der Waals surface area contributed by atoms with Crippen LogP contribution in [0.15, 0.2) is 0 Å². The fourth-order valence-corrected chi connectivity index (χ4v) is 3.59. The Morgan fingerprint density at radius 1 is 1.63 bits per heavy atom. The van der Waals surface area contributed by atoms with E-state index in [1.807, 2.05) is 6.92 Å². The van der Waals surface area contributed by atoms with Crippen LogP contribution < -0.4 is 5.73 Å². The summed E-state index contributed by atoms with van der Waals surface area (Å²) in [4.78, 5) is 19.4. The second-order valence-electron chi connectivity index (χ2n) is 4.80. The molecule has 1 aromatic heterocycles. The topological polar surface area (TPSA) is 77.7 Å². The quantitative estimate of drug-likeness (QED) is 0.891. The van der Waals surface area contributed by atoms with Crippen LogP contribution in [0.2, 0.25) is 0 Å². The summed E-state index contributed by atoms with van der Waals surface area (Å²) in [5, 5.41) is 0.555. The van der Waals surface area contributed by atoms with E-state index in [2.05, 4.69) is 4.98 Å². The molecule has 1 aromatic rings. The van der Waals surface area contributed by atoms with Crippen molar-refractivity contribution in [1.29, 1.82) is 0 Å². The molecule has 2 atom stereocenters. The highest BCUT2D eigenvalue weighted by molar-refractivity contribution is 7.15. The van der Waals surface area contributed by atoms with E-state index in [0.29, 0.717) is 31.4 Å². The summed E-state index contributed by atoms with van der Waals surface area (Å²) in [6.45, 7) is 3.46. The van der Waals surface area contributed by atoms with Gasteiger partial charge in [-0.05, 0) is 6.42 Å². The van der Waals surface area contributed by atoms with Crippen LogP contribution in [0, 0.1) is 0 Å². The summed E-state index contributed by atoms with van der Waals surface area (Å²) in [7, 11) is 0. The summed E-state index contributed by atoms with van der Waals surface area (Å²) in [5.74, 6) is 0. The van der Waals surface area contributed by atoms with Crippen LogP contribution in [-0.2, 0) is 15.9 Å². The summed E-state index contributed by atoms with van der Waals surface area (Å²) in [6.07, 6.45) is 1.27. The van der Waals surface area contributed by atoms with Crippen LogP contribution in [0.25, 0.3) is 0 Å². The first-order valence-electron chi connectivity index (χ1n) is 6.48. The zero-order valence-corrected chi connectivity index (χ0v) is 11.6. The molecular formula is C12H17N3O3S. The molecule has 6 nitrogen and oxygen atoms in total. The largest absolute Gasteiger partial charge is 0.449 e. The Hall–Kier alpha value is -1.34. The van der Waals surface area contributed by atoms with Gasteiger partial charge < -0.3 is 15.2 Å². The molecule has 1 fully saturated rings. The monoisotopic (exact) mass is 283 g/mol. The lowest BCUT2D eigenvalue weighted by Crippen LogP contribution is -2.54. The number of nitrogens with two attached hydrogens (primary N) is 1. The van der Waals surface area contributed by atoms with E-state index in [1.165, 1.54) is 11.3 Å². The van der Waals surface area contributed by atoms with Crippen molar-refractivity contribution in [2.24, 2.45) is 0 Å². The zero-order valence-electron chi connectivity index (χ0n) is 10.8. The van der Waals surface area contributed by atoms with Crippen LogP contribution in [0.5, 0.6) is 0 Å². The van der Waals surface area contributed by atoms with Crippen molar-refractivity contribution < 1.29 is 14.3 Å². The molecule has 0 spiro atoms. The third-order valence-corrected chi connectivity index (χ3v) is 4.46. The molecule has 104 valence electrons. The number of hydrogen-bond donors (Lipinski definition) is 1. The highest BCUT2D eigenvalue weighted by atomic mass is 32.1.